The predicted octanol–water partition coefficient (Wildman–Crippen LogP) is 5.87. The number of benzene rings is 1. The summed E-state index contributed by atoms with van der Waals surface area (Å²) in [5.74, 6) is 0. The van der Waals surface area contributed by atoms with Gasteiger partial charge in [-0.25, -0.2) is 9.97 Å². The van der Waals surface area contributed by atoms with E-state index in [0.717, 1.165) is 40.2 Å². The van der Waals surface area contributed by atoms with E-state index in [4.69, 9.17) is 9.97 Å². The van der Waals surface area contributed by atoms with Crippen molar-refractivity contribution in [1.29, 1.82) is 0 Å². The molecular formula is C21H15F3N4S. The lowest BCUT2D eigenvalue weighted by Crippen LogP contribution is -2.04. The molecule has 0 N–H and O–H groups in total. The molecule has 5 aromatic rings. The van der Waals surface area contributed by atoms with Crippen LogP contribution in [0.2, 0.25) is 0 Å². The summed E-state index contributed by atoms with van der Waals surface area (Å²) in [5.41, 5.74) is 5.88. The summed E-state index contributed by atoms with van der Waals surface area (Å²) in [4.78, 5) is 9.55. The van der Waals surface area contributed by atoms with E-state index < -0.39 is 11.7 Å². The quantitative estimate of drug-likeness (QED) is 0.363. The molecule has 5 rings (SSSR count). The zero-order chi connectivity index (χ0) is 20.3. The summed E-state index contributed by atoms with van der Waals surface area (Å²) in [7, 11) is 3.80. The van der Waals surface area contributed by atoms with Gasteiger partial charge in [0.05, 0.1) is 17.0 Å². The lowest BCUT2D eigenvalue weighted by atomic mass is 10.1. The van der Waals surface area contributed by atoms with Gasteiger partial charge in [0.25, 0.3) is 0 Å². The zero-order valence-corrected chi connectivity index (χ0v) is 16.3. The normalized spacial score (nSPS) is 12.3. The van der Waals surface area contributed by atoms with Crippen LogP contribution in [-0.2, 0) is 20.3 Å². The zero-order valence-electron chi connectivity index (χ0n) is 15.5. The molecule has 0 saturated carbocycles. The van der Waals surface area contributed by atoms with Crippen molar-refractivity contribution in [3.05, 3.63) is 58.8 Å². The molecule has 4 aromatic heterocycles. The molecule has 29 heavy (non-hydrogen) atoms. The van der Waals surface area contributed by atoms with Crippen molar-refractivity contribution in [3.63, 3.8) is 0 Å². The molecule has 0 fully saturated rings. The molecule has 0 unspecified atom stereocenters. The van der Waals surface area contributed by atoms with Crippen LogP contribution in [0.4, 0.5) is 13.2 Å². The minimum Gasteiger partial charge on any atom is -0.327 e. The van der Waals surface area contributed by atoms with Crippen LogP contribution in [-0.4, -0.2) is 19.1 Å². The van der Waals surface area contributed by atoms with Gasteiger partial charge in [0, 0.05) is 25.0 Å². The van der Waals surface area contributed by atoms with E-state index in [0.29, 0.717) is 16.7 Å². The molecule has 1 aromatic carbocycles. The Morgan fingerprint density at radius 2 is 1.34 bits per heavy atom. The van der Waals surface area contributed by atoms with Crippen LogP contribution in [0.25, 0.3) is 44.8 Å². The van der Waals surface area contributed by atoms with Crippen LogP contribution < -0.4 is 0 Å². The average Bonchev–Trinajstić information content (AvgIpc) is 3.39. The fourth-order valence-corrected chi connectivity index (χ4v) is 4.25. The van der Waals surface area contributed by atoms with Crippen LogP contribution in [0, 0.1) is 0 Å². The minimum absolute atomic E-state index is 0.664. The summed E-state index contributed by atoms with van der Waals surface area (Å²) < 4.78 is 42.4. The molecule has 4 heterocycles. The highest BCUT2D eigenvalue weighted by molar-refractivity contribution is 7.08. The first-order chi connectivity index (χ1) is 13.8. The van der Waals surface area contributed by atoms with Gasteiger partial charge in [-0.1, -0.05) is 12.1 Å². The van der Waals surface area contributed by atoms with Gasteiger partial charge in [0.1, 0.15) is 11.0 Å². The Labute approximate surface area is 167 Å². The number of hydrogen-bond acceptors (Lipinski definition) is 3. The van der Waals surface area contributed by atoms with E-state index in [-0.39, 0.29) is 0 Å². The van der Waals surface area contributed by atoms with Gasteiger partial charge in [-0.05, 0) is 41.3 Å². The van der Waals surface area contributed by atoms with Gasteiger partial charge in [0.15, 0.2) is 11.3 Å². The first-order valence-electron chi connectivity index (χ1n) is 8.86. The maximum Gasteiger partial charge on any atom is 0.416 e. The topological polar surface area (TPSA) is 35.6 Å². The summed E-state index contributed by atoms with van der Waals surface area (Å²) in [6.45, 7) is 0. The summed E-state index contributed by atoms with van der Waals surface area (Å²) in [6.07, 6.45) is -4.35. The number of alkyl halides is 3. The highest BCUT2D eigenvalue weighted by Gasteiger charge is 2.30. The molecule has 0 atom stereocenters. The van der Waals surface area contributed by atoms with Gasteiger partial charge < -0.3 is 9.13 Å². The molecule has 0 amide bonds. The number of thiophene rings is 1. The van der Waals surface area contributed by atoms with Crippen molar-refractivity contribution >= 4 is 33.7 Å². The first kappa shape index (κ1) is 17.9. The summed E-state index contributed by atoms with van der Waals surface area (Å²) in [5, 5.41) is 4.11. The second-order valence-electron chi connectivity index (χ2n) is 6.91. The molecular weight excluding hydrogens is 397 g/mol. The molecule has 8 heteroatoms. The van der Waals surface area contributed by atoms with Gasteiger partial charge in [-0.15, -0.1) is 0 Å². The van der Waals surface area contributed by atoms with Crippen molar-refractivity contribution in [3.8, 4) is 22.5 Å². The van der Waals surface area contributed by atoms with Gasteiger partial charge >= 0.3 is 6.18 Å². The number of aromatic nitrogens is 4. The lowest BCUT2D eigenvalue weighted by Gasteiger charge is -2.08. The van der Waals surface area contributed by atoms with Crippen molar-refractivity contribution in [2.45, 2.75) is 6.18 Å². The van der Waals surface area contributed by atoms with Crippen LogP contribution in [0.5, 0.6) is 0 Å². The summed E-state index contributed by atoms with van der Waals surface area (Å²) >= 11 is 1.63. The number of hydrogen-bond donors (Lipinski definition) is 0. The Hall–Kier alpha value is -3.13. The largest absolute Gasteiger partial charge is 0.416 e. The van der Waals surface area contributed by atoms with E-state index in [1.54, 1.807) is 11.3 Å². The molecule has 0 aliphatic carbocycles. The van der Waals surface area contributed by atoms with E-state index in [2.05, 4.69) is 11.4 Å². The number of nitrogens with zero attached hydrogens (tertiary/aromatic N) is 4. The Morgan fingerprint density at radius 1 is 0.793 bits per heavy atom. The first-order valence-corrected chi connectivity index (χ1v) is 9.80. The molecule has 146 valence electrons. The van der Waals surface area contributed by atoms with Crippen molar-refractivity contribution < 1.29 is 13.2 Å². The van der Waals surface area contributed by atoms with Gasteiger partial charge in [0.2, 0.25) is 0 Å². The monoisotopic (exact) mass is 412 g/mol. The van der Waals surface area contributed by atoms with Gasteiger partial charge in [-0.2, -0.15) is 24.5 Å². The fraction of sp³-hybridized carbons (Fsp3) is 0.143. The van der Waals surface area contributed by atoms with E-state index in [1.807, 2.05) is 40.7 Å². The van der Waals surface area contributed by atoms with E-state index >= 15 is 0 Å². The molecule has 0 radical (unpaired) electrons. The third-order valence-corrected chi connectivity index (χ3v) is 5.82. The second kappa shape index (κ2) is 6.18. The maximum atomic E-state index is 12.8. The highest BCUT2D eigenvalue weighted by Crippen LogP contribution is 2.33. The maximum absolute atomic E-state index is 12.8. The fourth-order valence-electron chi connectivity index (χ4n) is 3.61. The smallest absolute Gasteiger partial charge is 0.327 e. The average molecular weight is 412 g/mol. The highest BCUT2D eigenvalue weighted by atomic mass is 32.1. The molecule has 4 nitrogen and oxygen atoms in total. The Kier molecular flexibility index (Phi) is 3.82. The number of halogens is 3. The van der Waals surface area contributed by atoms with Crippen molar-refractivity contribution in [2.75, 3.05) is 0 Å². The Morgan fingerprint density at radius 3 is 1.83 bits per heavy atom. The van der Waals surface area contributed by atoms with Gasteiger partial charge in [-0.3, -0.25) is 0 Å². The molecule has 0 aliphatic rings. The predicted molar refractivity (Wildman–Crippen MR) is 109 cm³/mol. The van der Waals surface area contributed by atoms with Crippen molar-refractivity contribution in [2.24, 2.45) is 14.1 Å². The Balaban J connectivity index is 1.64. The van der Waals surface area contributed by atoms with E-state index in [1.165, 1.54) is 12.1 Å². The number of aryl methyl sites for hydroxylation is 2. The third kappa shape index (κ3) is 2.82. The second-order valence-corrected chi connectivity index (χ2v) is 7.69. The minimum atomic E-state index is -4.35. The molecule has 0 aliphatic heterocycles. The molecule has 0 saturated heterocycles. The number of rotatable bonds is 2. The van der Waals surface area contributed by atoms with Crippen LogP contribution in [0.15, 0.2) is 53.2 Å². The molecule has 0 bridgehead atoms. The Bertz CT molecular complexity index is 1340. The lowest BCUT2D eigenvalue weighted by molar-refractivity contribution is -0.137. The third-order valence-electron chi connectivity index (χ3n) is 5.14. The standard InChI is InChI=1S/C21H15F3N4S/c1-27-17(12-3-5-14(6-4-12)21(22,23)24)9-15-19(27)26-16-10-18(13-7-8-29-11-13)28(2)20(16)25-15/h3-11H,1-2H3. The van der Waals surface area contributed by atoms with Crippen LogP contribution >= 0.6 is 11.3 Å². The summed E-state index contributed by atoms with van der Waals surface area (Å²) in [6, 6.07) is 11.1. The number of fused-ring (bicyclic) bond motifs is 2. The van der Waals surface area contributed by atoms with E-state index in [9.17, 15) is 13.2 Å². The van der Waals surface area contributed by atoms with Crippen LogP contribution in [0.3, 0.4) is 0 Å². The molecule has 0 spiro atoms. The SMILES string of the molecule is Cn1c(-c2ccc(C(F)(F)F)cc2)cc2nc3c(cc(-c4ccsc4)n3C)nc21. The van der Waals surface area contributed by atoms with Crippen molar-refractivity contribution in [1.82, 2.24) is 19.1 Å². The van der Waals surface area contributed by atoms with Crippen LogP contribution in [0.1, 0.15) is 5.56 Å².